The fourth-order valence-corrected chi connectivity index (χ4v) is 2.09. The quantitative estimate of drug-likeness (QED) is 0.870. The highest BCUT2D eigenvalue weighted by Crippen LogP contribution is 2.20. The number of halogens is 2. The van der Waals surface area contributed by atoms with Crippen molar-refractivity contribution in [1.82, 2.24) is 9.55 Å². The van der Waals surface area contributed by atoms with Gasteiger partial charge in [0.15, 0.2) is 0 Å². The predicted octanol–water partition coefficient (Wildman–Crippen LogP) is 2.05. The van der Waals surface area contributed by atoms with Crippen molar-refractivity contribution in [1.29, 1.82) is 0 Å². The van der Waals surface area contributed by atoms with Gasteiger partial charge in [-0.1, -0.05) is 17.7 Å². The van der Waals surface area contributed by atoms with E-state index in [0.717, 1.165) is 0 Å². The molecule has 4 nitrogen and oxygen atoms in total. The molecule has 0 aliphatic heterocycles. The van der Waals surface area contributed by atoms with Gasteiger partial charge < -0.3 is 5.73 Å². The van der Waals surface area contributed by atoms with Crippen molar-refractivity contribution in [3.8, 4) is 0 Å². The molecule has 0 amide bonds. The number of aromatic nitrogens is 2. The lowest BCUT2D eigenvalue weighted by molar-refractivity contribution is 0.625. The van der Waals surface area contributed by atoms with E-state index in [4.69, 9.17) is 28.9 Å². The standard InChI is InChI=1S/C11H11Cl2N3O/c12-8-4-1-3-7-9(8)15-11(13)16(10(7)17)6-2-5-14/h1,3-4H,2,5-6,14H2. The monoisotopic (exact) mass is 271 g/mol. The minimum Gasteiger partial charge on any atom is -0.330 e. The molecule has 2 rings (SSSR count). The van der Waals surface area contributed by atoms with E-state index in [-0.39, 0.29) is 10.8 Å². The van der Waals surface area contributed by atoms with Crippen molar-refractivity contribution in [2.24, 2.45) is 5.73 Å². The Labute approximate surface area is 108 Å². The zero-order valence-electron chi connectivity index (χ0n) is 8.99. The molecule has 0 spiro atoms. The molecular formula is C11H11Cl2N3O. The van der Waals surface area contributed by atoms with Gasteiger partial charge in [-0.2, -0.15) is 0 Å². The molecule has 2 aromatic rings. The molecule has 90 valence electrons. The molecular weight excluding hydrogens is 261 g/mol. The van der Waals surface area contributed by atoms with Crippen LogP contribution in [0.5, 0.6) is 0 Å². The van der Waals surface area contributed by atoms with Gasteiger partial charge in [-0.15, -0.1) is 0 Å². The van der Waals surface area contributed by atoms with Crippen LogP contribution < -0.4 is 11.3 Å². The van der Waals surface area contributed by atoms with Gasteiger partial charge in [0.2, 0.25) is 5.28 Å². The fourth-order valence-electron chi connectivity index (χ4n) is 1.63. The fraction of sp³-hybridized carbons (Fsp3) is 0.273. The Balaban J connectivity index is 2.68. The number of fused-ring (bicyclic) bond motifs is 1. The van der Waals surface area contributed by atoms with E-state index in [2.05, 4.69) is 4.98 Å². The summed E-state index contributed by atoms with van der Waals surface area (Å²) >= 11 is 11.9. The molecule has 0 aliphatic rings. The van der Waals surface area contributed by atoms with Crippen LogP contribution in [0, 0.1) is 0 Å². The number of para-hydroxylation sites is 1. The van der Waals surface area contributed by atoms with Crippen LogP contribution in [0.15, 0.2) is 23.0 Å². The summed E-state index contributed by atoms with van der Waals surface area (Å²) in [5.41, 5.74) is 5.67. The van der Waals surface area contributed by atoms with Gasteiger partial charge in [0.1, 0.15) is 0 Å². The van der Waals surface area contributed by atoms with Gasteiger partial charge in [0.05, 0.1) is 15.9 Å². The van der Waals surface area contributed by atoms with Crippen LogP contribution in [-0.4, -0.2) is 16.1 Å². The van der Waals surface area contributed by atoms with Crippen molar-refractivity contribution >= 4 is 34.1 Å². The highest BCUT2D eigenvalue weighted by Gasteiger charge is 2.10. The SMILES string of the molecule is NCCCn1c(Cl)nc2c(Cl)cccc2c1=O. The normalized spacial score (nSPS) is 11.0. The summed E-state index contributed by atoms with van der Waals surface area (Å²) in [6.07, 6.45) is 0.674. The number of rotatable bonds is 3. The van der Waals surface area contributed by atoms with Gasteiger partial charge in [-0.05, 0) is 36.7 Å². The number of nitrogens with zero attached hydrogens (tertiary/aromatic N) is 2. The summed E-state index contributed by atoms with van der Waals surface area (Å²) in [5.74, 6) is 0. The van der Waals surface area contributed by atoms with Crippen LogP contribution in [0.1, 0.15) is 6.42 Å². The average Bonchev–Trinajstić information content (AvgIpc) is 2.31. The molecule has 0 atom stereocenters. The Morgan fingerprint density at radius 2 is 2.12 bits per heavy atom. The number of hydrogen-bond donors (Lipinski definition) is 1. The van der Waals surface area contributed by atoms with Crippen LogP contribution >= 0.6 is 23.2 Å². The zero-order chi connectivity index (χ0) is 12.4. The molecule has 0 fully saturated rings. The minimum atomic E-state index is -0.184. The zero-order valence-corrected chi connectivity index (χ0v) is 10.5. The van der Waals surface area contributed by atoms with Crippen molar-refractivity contribution in [3.63, 3.8) is 0 Å². The van der Waals surface area contributed by atoms with E-state index in [0.29, 0.717) is 35.4 Å². The van der Waals surface area contributed by atoms with E-state index in [1.54, 1.807) is 18.2 Å². The summed E-state index contributed by atoms with van der Waals surface area (Å²) in [6.45, 7) is 0.958. The Morgan fingerprint density at radius 3 is 2.82 bits per heavy atom. The Hall–Kier alpha value is -1.10. The maximum atomic E-state index is 12.1. The third-order valence-electron chi connectivity index (χ3n) is 2.47. The van der Waals surface area contributed by atoms with E-state index in [1.165, 1.54) is 4.57 Å². The largest absolute Gasteiger partial charge is 0.330 e. The number of nitrogens with two attached hydrogens (primary N) is 1. The Kier molecular flexibility index (Phi) is 3.66. The average molecular weight is 272 g/mol. The third kappa shape index (κ3) is 2.29. The molecule has 0 aliphatic carbocycles. The topological polar surface area (TPSA) is 60.9 Å². The predicted molar refractivity (Wildman–Crippen MR) is 69.7 cm³/mol. The lowest BCUT2D eigenvalue weighted by atomic mass is 10.2. The summed E-state index contributed by atoms with van der Waals surface area (Å²) in [7, 11) is 0. The van der Waals surface area contributed by atoms with Gasteiger partial charge in [0, 0.05) is 6.54 Å². The second-order valence-corrected chi connectivity index (χ2v) is 4.36. The molecule has 0 saturated heterocycles. The Morgan fingerprint density at radius 1 is 1.35 bits per heavy atom. The van der Waals surface area contributed by atoms with Crippen LogP contribution in [0.4, 0.5) is 0 Å². The maximum absolute atomic E-state index is 12.1. The molecule has 6 heteroatoms. The van der Waals surface area contributed by atoms with Gasteiger partial charge in [-0.25, -0.2) is 4.98 Å². The molecule has 0 saturated carbocycles. The molecule has 1 aromatic heterocycles. The lowest BCUT2D eigenvalue weighted by Gasteiger charge is -2.08. The maximum Gasteiger partial charge on any atom is 0.262 e. The van der Waals surface area contributed by atoms with E-state index < -0.39 is 0 Å². The second-order valence-electron chi connectivity index (χ2n) is 3.62. The van der Waals surface area contributed by atoms with Gasteiger partial charge in [-0.3, -0.25) is 9.36 Å². The van der Waals surface area contributed by atoms with Crippen LogP contribution in [0.2, 0.25) is 10.3 Å². The van der Waals surface area contributed by atoms with Crippen LogP contribution in [0.25, 0.3) is 10.9 Å². The summed E-state index contributed by atoms with van der Waals surface area (Å²) in [5, 5.41) is 1.04. The summed E-state index contributed by atoms with van der Waals surface area (Å²) in [6, 6.07) is 5.08. The van der Waals surface area contributed by atoms with Crippen molar-refractivity contribution in [3.05, 3.63) is 38.9 Å². The first-order valence-corrected chi connectivity index (χ1v) is 5.95. The molecule has 17 heavy (non-hydrogen) atoms. The number of benzene rings is 1. The van der Waals surface area contributed by atoms with E-state index in [1.807, 2.05) is 0 Å². The first-order chi connectivity index (χ1) is 8.15. The first kappa shape index (κ1) is 12.4. The van der Waals surface area contributed by atoms with Crippen LogP contribution in [-0.2, 0) is 6.54 Å². The highest BCUT2D eigenvalue weighted by molar-refractivity contribution is 6.35. The molecule has 1 heterocycles. The van der Waals surface area contributed by atoms with E-state index >= 15 is 0 Å². The van der Waals surface area contributed by atoms with Gasteiger partial charge in [0.25, 0.3) is 5.56 Å². The molecule has 1 aromatic carbocycles. The molecule has 0 bridgehead atoms. The summed E-state index contributed by atoms with van der Waals surface area (Å²) < 4.78 is 1.41. The van der Waals surface area contributed by atoms with Crippen molar-refractivity contribution < 1.29 is 0 Å². The molecule has 2 N–H and O–H groups in total. The lowest BCUT2D eigenvalue weighted by Crippen LogP contribution is -2.23. The highest BCUT2D eigenvalue weighted by atomic mass is 35.5. The number of hydrogen-bond acceptors (Lipinski definition) is 3. The minimum absolute atomic E-state index is 0.143. The summed E-state index contributed by atoms with van der Waals surface area (Å²) in [4.78, 5) is 16.3. The first-order valence-electron chi connectivity index (χ1n) is 5.20. The van der Waals surface area contributed by atoms with Crippen molar-refractivity contribution in [2.45, 2.75) is 13.0 Å². The second kappa shape index (κ2) is 5.04. The Bertz CT molecular complexity index is 609. The smallest absolute Gasteiger partial charge is 0.262 e. The molecule has 0 unspecified atom stereocenters. The van der Waals surface area contributed by atoms with E-state index in [9.17, 15) is 4.79 Å². The third-order valence-corrected chi connectivity index (χ3v) is 3.07. The van der Waals surface area contributed by atoms with Crippen LogP contribution in [0.3, 0.4) is 0 Å². The van der Waals surface area contributed by atoms with Crippen molar-refractivity contribution in [2.75, 3.05) is 6.54 Å². The molecule has 0 radical (unpaired) electrons. The van der Waals surface area contributed by atoms with Gasteiger partial charge >= 0.3 is 0 Å².